The Labute approximate surface area is 110 Å². The van der Waals surface area contributed by atoms with Gasteiger partial charge >= 0.3 is 0 Å². The lowest BCUT2D eigenvalue weighted by Crippen LogP contribution is -2.22. The number of nitrogens with zero attached hydrogens (tertiary/aromatic N) is 6. The molecule has 2 aromatic rings. The van der Waals surface area contributed by atoms with Crippen molar-refractivity contribution in [1.29, 1.82) is 0 Å². The van der Waals surface area contributed by atoms with Crippen LogP contribution in [0.25, 0.3) is 5.95 Å². The van der Waals surface area contributed by atoms with Crippen LogP contribution in [0.5, 0.6) is 0 Å². The van der Waals surface area contributed by atoms with Crippen LogP contribution in [0.2, 0.25) is 5.28 Å². The van der Waals surface area contributed by atoms with E-state index < -0.39 is 0 Å². The molecule has 0 saturated heterocycles. The van der Waals surface area contributed by atoms with Crippen LogP contribution < -0.4 is 5.32 Å². The highest BCUT2D eigenvalue weighted by molar-refractivity contribution is 6.28. The van der Waals surface area contributed by atoms with E-state index in [0.717, 1.165) is 13.1 Å². The molecule has 8 heteroatoms. The molecule has 7 nitrogen and oxygen atoms in total. The Hall–Kier alpha value is -1.73. The Morgan fingerprint density at radius 2 is 2.17 bits per heavy atom. The molecule has 0 aliphatic carbocycles. The average Bonchev–Trinajstić information content (AvgIpc) is 2.81. The van der Waals surface area contributed by atoms with E-state index in [1.165, 1.54) is 0 Å². The molecule has 0 spiro atoms. The van der Waals surface area contributed by atoms with Crippen molar-refractivity contribution >= 4 is 17.5 Å². The first-order valence-electron chi connectivity index (χ1n) is 5.43. The molecular formula is C10H14ClN7. The van der Waals surface area contributed by atoms with Crippen LogP contribution in [0.1, 0.15) is 0 Å². The number of likely N-dealkylation sites (N-methyl/N-ethyl adjacent to an activating group) is 1. The predicted molar refractivity (Wildman–Crippen MR) is 69.0 cm³/mol. The minimum atomic E-state index is 0.154. The molecule has 2 aromatic heterocycles. The van der Waals surface area contributed by atoms with Gasteiger partial charge in [-0.05, 0) is 25.7 Å². The number of nitrogens with one attached hydrogen (secondary N) is 1. The number of hydrogen-bond acceptors (Lipinski definition) is 6. The number of anilines is 1. The maximum atomic E-state index is 5.86. The van der Waals surface area contributed by atoms with Gasteiger partial charge in [-0.25, -0.2) is 4.98 Å². The first-order valence-corrected chi connectivity index (χ1v) is 5.81. The van der Waals surface area contributed by atoms with Crippen LogP contribution in [0.4, 0.5) is 5.95 Å². The highest BCUT2D eigenvalue weighted by Gasteiger charge is 2.06. The van der Waals surface area contributed by atoms with Crippen LogP contribution in [-0.4, -0.2) is 56.6 Å². The number of halogens is 1. The summed E-state index contributed by atoms with van der Waals surface area (Å²) in [6, 6.07) is 0. The van der Waals surface area contributed by atoms with E-state index in [-0.39, 0.29) is 5.28 Å². The van der Waals surface area contributed by atoms with Crippen LogP contribution in [0.15, 0.2) is 18.7 Å². The molecule has 0 amide bonds. The largest absolute Gasteiger partial charge is 0.353 e. The van der Waals surface area contributed by atoms with Gasteiger partial charge in [0.25, 0.3) is 0 Å². The number of hydrogen-bond donors (Lipinski definition) is 1. The summed E-state index contributed by atoms with van der Waals surface area (Å²) in [6.45, 7) is 1.61. The Morgan fingerprint density at radius 1 is 1.33 bits per heavy atom. The second kappa shape index (κ2) is 5.74. The topological polar surface area (TPSA) is 71.8 Å². The smallest absolute Gasteiger partial charge is 0.241 e. The summed E-state index contributed by atoms with van der Waals surface area (Å²) in [5.41, 5.74) is 0. The predicted octanol–water partition coefficient (Wildman–Crippen LogP) is 0.684. The van der Waals surface area contributed by atoms with Gasteiger partial charge in [-0.2, -0.15) is 15.0 Å². The molecule has 0 radical (unpaired) electrons. The van der Waals surface area contributed by atoms with E-state index in [0.29, 0.717) is 11.9 Å². The van der Waals surface area contributed by atoms with Crippen LogP contribution >= 0.6 is 11.6 Å². The molecule has 18 heavy (non-hydrogen) atoms. The summed E-state index contributed by atoms with van der Waals surface area (Å²) in [5, 5.41) is 3.25. The highest BCUT2D eigenvalue weighted by Crippen LogP contribution is 2.08. The standard InChI is InChI=1S/C10H14ClN7/c1-17(2)5-4-13-9-14-8(11)15-10(16-9)18-6-3-12-7-18/h3,6-7H,4-5H2,1-2H3,(H,13,14,15,16). The van der Waals surface area contributed by atoms with E-state index >= 15 is 0 Å². The van der Waals surface area contributed by atoms with Gasteiger partial charge in [-0.15, -0.1) is 0 Å². The van der Waals surface area contributed by atoms with Crippen molar-refractivity contribution in [3.05, 3.63) is 24.0 Å². The highest BCUT2D eigenvalue weighted by atomic mass is 35.5. The molecule has 0 aliphatic heterocycles. The summed E-state index contributed by atoms with van der Waals surface area (Å²) < 4.78 is 1.67. The summed E-state index contributed by atoms with van der Waals surface area (Å²) in [5.74, 6) is 0.903. The van der Waals surface area contributed by atoms with E-state index in [2.05, 4.69) is 30.2 Å². The fourth-order valence-electron chi connectivity index (χ4n) is 1.30. The van der Waals surface area contributed by atoms with Crippen molar-refractivity contribution in [3.8, 4) is 5.95 Å². The maximum Gasteiger partial charge on any atom is 0.241 e. The van der Waals surface area contributed by atoms with Crippen molar-refractivity contribution in [1.82, 2.24) is 29.4 Å². The first kappa shape index (κ1) is 12.7. The van der Waals surface area contributed by atoms with Gasteiger partial charge in [0.15, 0.2) is 0 Å². The van der Waals surface area contributed by atoms with Gasteiger partial charge in [-0.1, -0.05) is 0 Å². The fraction of sp³-hybridized carbons (Fsp3) is 0.400. The monoisotopic (exact) mass is 267 g/mol. The Kier molecular flexibility index (Phi) is 4.06. The molecule has 2 rings (SSSR count). The summed E-state index contributed by atoms with van der Waals surface area (Å²) in [6.07, 6.45) is 5.00. The van der Waals surface area contributed by atoms with Crippen molar-refractivity contribution in [2.45, 2.75) is 0 Å². The van der Waals surface area contributed by atoms with Crippen molar-refractivity contribution < 1.29 is 0 Å². The Balaban J connectivity index is 2.12. The molecule has 0 atom stereocenters. The first-order chi connectivity index (χ1) is 8.65. The quantitative estimate of drug-likeness (QED) is 0.859. The van der Waals surface area contributed by atoms with Gasteiger partial charge in [0, 0.05) is 25.5 Å². The molecule has 0 fully saturated rings. The molecular weight excluding hydrogens is 254 g/mol. The number of imidazole rings is 1. The zero-order valence-electron chi connectivity index (χ0n) is 10.2. The third kappa shape index (κ3) is 3.38. The second-order valence-electron chi connectivity index (χ2n) is 3.93. The maximum absolute atomic E-state index is 5.86. The zero-order valence-corrected chi connectivity index (χ0v) is 11.0. The van der Waals surface area contributed by atoms with Crippen LogP contribution in [0.3, 0.4) is 0 Å². The average molecular weight is 268 g/mol. The minimum absolute atomic E-state index is 0.154. The molecule has 0 unspecified atom stereocenters. The third-order valence-electron chi connectivity index (χ3n) is 2.17. The third-order valence-corrected chi connectivity index (χ3v) is 2.34. The van der Waals surface area contributed by atoms with Crippen molar-refractivity contribution in [2.75, 3.05) is 32.5 Å². The van der Waals surface area contributed by atoms with E-state index in [9.17, 15) is 0 Å². The molecule has 0 bridgehead atoms. The molecule has 0 aliphatic rings. The molecule has 0 saturated carbocycles. The molecule has 0 aromatic carbocycles. The summed E-state index contributed by atoms with van der Waals surface area (Å²) >= 11 is 5.86. The summed E-state index contributed by atoms with van der Waals surface area (Å²) in [7, 11) is 4.00. The molecule has 2 heterocycles. The van der Waals surface area contributed by atoms with E-state index in [4.69, 9.17) is 11.6 Å². The zero-order chi connectivity index (χ0) is 13.0. The van der Waals surface area contributed by atoms with Crippen molar-refractivity contribution in [3.63, 3.8) is 0 Å². The second-order valence-corrected chi connectivity index (χ2v) is 4.27. The lowest BCUT2D eigenvalue weighted by atomic mass is 10.6. The molecule has 96 valence electrons. The van der Waals surface area contributed by atoms with E-state index in [1.54, 1.807) is 23.3 Å². The van der Waals surface area contributed by atoms with E-state index in [1.807, 2.05) is 14.1 Å². The SMILES string of the molecule is CN(C)CCNc1nc(Cl)nc(-n2ccnc2)n1. The normalized spacial score (nSPS) is 10.9. The van der Waals surface area contributed by atoms with Crippen molar-refractivity contribution in [2.24, 2.45) is 0 Å². The van der Waals surface area contributed by atoms with Gasteiger partial charge < -0.3 is 10.2 Å². The number of rotatable bonds is 5. The lowest BCUT2D eigenvalue weighted by Gasteiger charge is -2.10. The fourth-order valence-corrected chi connectivity index (χ4v) is 1.46. The van der Waals surface area contributed by atoms with Gasteiger partial charge in [0.1, 0.15) is 6.33 Å². The van der Waals surface area contributed by atoms with Gasteiger partial charge in [0.2, 0.25) is 17.2 Å². The minimum Gasteiger partial charge on any atom is -0.353 e. The van der Waals surface area contributed by atoms with Crippen LogP contribution in [-0.2, 0) is 0 Å². The summed E-state index contributed by atoms with van der Waals surface area (Å²) in [4.78, 5) is 18.3. The Morgan fingerprint density at radius 3 is 2.83 bits per heavy atom. The van der Waals surface area contributed by atoms with Gasteiger partial charge in [-0.3, -0.25) is 4.57 Å². The Bertz CT molecular complexity index is 497. The molecule has 1 N–H and O–H groups in total. The number of aromatic nitrogens is 5. The van der Waals surface area contributed by atoms with Gasteiger partial charge in [0.05, 0.1) is 0 Å². The van der Waals surface area contributed by atoms with Crippen LogP contribution in [0, 0.1) is 0 Å². The lowest BCUT2D eigenvalue weighted by molar-refractivity contribution is 0.425.